The number of halogens is 2. The molecule has 0 fully saturated rings. The van der Waals surface area contributed by atoms with Crippen LogP contribution < -0.4 is 0 Å². The summed E-state index contributed by atoms with van der Waals surface area (Å²) in [5.41, 5.74) is 0.0489. The van der Waals surface area contributed by atoms with Crippen LogP contribution in [0.3, 0.4) is 0 Å². The lowest BCUT2D eigenvalue weighted by atomic mass is 10.1. The zero-order chi connectivity index (χ0) is 15.6. The van der Waals surface area contributed by atoms with Gasteiger partial charge in [-0.1, -0.05) is 5.16 Å². The first-order valence-corrected chi connectivity index (χ1v) is 5.77. The van der Waals surface area contributed by atoms with Crippen LogP contribution in [0.1, 0.15) is 5.56 Å². The molecule has 1 heterocycles. The normalized spacial score (nSPS) is 17.0. The van der Waals surface area contributed by atoms with Crippen LogP contribution in [0.25, 0.3) is 6.08 Å². The molecule has 1 aromatic carbocycles. The number of hydrogen-bond donors (Lipinski definition) is 1. The Balaban J connectivity index is 2.39. The first-order chi connectivity index (χ1) is 9.93. The lowest BCUT2D eigenvalue weighted by molar-refractivity contribution is -0.121. The summed E-state index contributed by atoms with van der Waals surface area (Å²) >= 11 is 0. The molecule has 110 valence electrons. The number of aliphatic imine (C=N–C) groups is 1. The van der Waals surface area contributed by atoms with Gasteiger partial charge in [-0.05, 0) is 23.8 Å². The van der Waals surface area contributed by atoms with E-state index >= 15 is 0 Å². The van der Waals surface area contributed by atoms with Crippen molar-refractivity contribution in [1.29, 1.82) is 0 Å². The van der Waals surface area contributed by atoms with Gasteiger partial charge in [-0.3, -0.25) is 9.69 Å². The number of carbonyl (C=O) groups excluding carboxylic acids is 1. The molecular weight excluding hydrogens is 284 g/mol. The van der Waals surface area contributed by atoms with Crippen molar-refractivity contribution in [3.05, 3.63) is 35.0 Å². The maximum absolute atomic E-state index is 13.2. The molecule has 1 amide bonds. The van der Waals surface area contributed by atoms with Crippen molar-refractivity contribution in [2.45, 2.75) is 0 Å². The average Bonchev–Trinajstić information content (AvgIpc) is 2.70. The minimum absolute atomic E-state index is 0.0143. The third kappa shape index (κ3) is 2.88. The van der Waals surface area contributed by atoms with E-state index in [1.807, 2.05) is 0 Å². The van der Waals surface area contributed by atoms with E-state index in [0.717, 1.165) is 12.1 Å². The van der Waals surface area contributed by atoms with Gasteiger partial charge in [-0.2, -0.15) is 0 Å². The van der Waals surface area contributed by atoms with Crippen LogP contribution in [0.2, 0.25) is 0 Å². The Morgan fingerprint density at radius 1 is 1.38 bits per heavy atom. The Bertz CT molecular complexity index is 660. The van der Waals surface area contributed by atoms with E-state index in [-0.39, 0.29) is 17.1 Å². The molecule has 0 aliphatic carbocycles. The van der Waals surface area contributed by atoms with Gasteiger partial charge in [0.25, 0.3) is 5.91 Å². The van der Waals surface area contributed by atoms with Gasteiger partial charge in [0, 0.05) is 7.05 Å². The van der Waals surface area contributed by atoms with Crippen molar-refractivity contribution in [2.24, 2.45) is 10.1 Å². The summed E-state index contributed by atoms with van der Waals surface area (Å²) in [5.74, 6) is -3.53. The minimum atomic E-state index is -1.12. The highest BCUT2D eigenvalue weighted by Gasteiger charge is 2.26. The van der Waals surface area contributed by atoms with E-state index in [1.54, 1.807) is 0 Å². The molecular formula is C13H11F2N3O3. The molecule has 1 N–H and O–H groups in total. The Kier molecular flexibility index (Phi) is 3.97. The fraction of sp³-hybridized carbons (Fsp3) is 0.154. The Labute approximate surface area is 118 Å². The summed E-state index contributed by atoms with van der Waals surface area (Å²) in [6, 6.07) is 1.80. The molecule has 1 aliphatic heterocycles. The second-order valence-corrected chi connectivity index (χ2v) is 4.11. The van der Waals surface area contributed by atoms with Gasteiger partial charge in [0.15, 0.2) is 23.2 Å². The largest absolute Gasteiger partial charge is 0.503 e. The number of amides is 1. The van der Waals surface area contributed by atoms with Crippen LogP contribution in [-0.2, 0) is 9.63 Å². The molecule has 0 spiro atoms. The number of aromatic hydroxyl groups is 1. The van der Waals surface area contributed by atoms with E-state index in [9.17, 15) is 13.6 Å². The van der Waals surface area contributed by atoms with Crippen molar-refractivity contribution < 1.29 is 23.5 Å². The number of oxime groups is 1. The fourth-order valence-electron chi connectivity index (χ4n) is 1.66. The summed E-state index contributed by atoms with van der Waals surface area (Å²) in [7, 11) is 2.81. The number of hydrogen-bond acceptors (Lipinski definition) is 5. The molecule has 21 heavy (non-hydrogen) atoms. The van der Waals surface area contributed by atoms with Gasteiger partial charge >= 0.3 is 0 Å². The van der Waals surface area contributed by atoms with Crippen molar-refractivity contribution in [2.75, 3.05) is 14.2 Å². The number of carbonyl (C=O) groups is 1. The molecule has 0 saturated carbocycles. The maximum Gasteiger partial charge on any atom is 0.277 e. The van der Waals surface area contributed by atoms with Crippen molar-refractivity contribution >= 4 is 24.0 Å². The number of phenols is 1. The Hall–Kier alpha value is -2.77. The number of rotatable bonds is 3. The number of benzene rings is 1. The summed E-state index contributed by atoms with van der Waals surface area (Å²) in [5, 5.41) is 12.5. The zero-order valence-corrected chi connectivity index (χ0v) is 11.2. The topological polar surface area (TPSA) is 74.5 Å². The molecule has 2 rings (SSSR count). The van der Waals surface area contributed by atoms with Crippen molar-refractivity contribution in [3.8, 4) is 5.75 Å². The number of phenolic OH excluding ortho intramolecular Hbond substituents is 1. The SMILES string of the molecule is CO/N=C/C1=NC(=C/c2cc(F)c(O)c(F)c2)/C(=O)N1C. The number of likely N-dealkylation sites (N-methyl/N-ethyl adjacent to an activating group) is 1. The maximum atomic E-state index is 13.2. The molecule has 0 bridgehead atoms. The molecule has 0 saturated heterocycles. The van der Waals surface area contributed by atoms with Crippen molar-refractivity contribution in [1.82, 2.24) is 4.90 Å². The van der Waals surface area contributed by atoms with Gasteiger partial charge in [0.05, 0.1) is 0 Å². The highest BCUT2D eigenvalue weighted by Crippen LogP contribution is 2.24. The van der Waals surface area contributed by atoms with Gasteiger partial charge in [-0.25, -0.2) is 13.8 Å². The first-order valence-electron chi connectivity index (χ1n) is 5.77. The predicted octanol–water partition coefficient (Wildman–Crippen LogP) is 1.51. The monoisotopic (exact) mass is 295 g/mol. The van der Waals surface area contributed by atoms with Gasteiger partial charge in [-0.15, -0.1) is 0 Å². The quantitative estimate of drug-likeness (QED) is 0.522. The highest BCUT2D eigenvalue weighted by molar-refractivity contribution is 6.37. The van der Waals surface area contributed by atoms with Crippen LogP contribution in [0.5, 0.6) is 5.75 Å². The minimum Gasteiger partial charge on any atom is -0.503 e. The van der Waals surface area contributed by atoms with E-state index < -0.39 is 23.3 Å². The molecule has 0 atom stereocenters. The number of nitrogens with zero attached hydrogens (tertiary/aromatic N) is 3. The number of amidine groups is 1. The van der Waals surface area contributed by atoms with Crippen molar-refractivity contribution in [3.63, 3.8) is 0 Å². The highest BCUT2D eigenvalue weighted by atomic mass is 19.1. The summed E-state index contributed by atoms with van der Waals surface area (Å²) < 4.78 is 26.5. The molecule has 1 aliphatic rings. The van der Waals surface area contributed by atoms with E-state index in [1.165, 1.54) is 31.3 Å². The van der Waals surface area contributed by atoms with Crippen LogP contribution in [0.15, 0.2) is 28.0 Å². The summed E-state index contributed by atoms with van der Waals surface area (Å²) in [6.07, 6.45) is 2.44. The Morgan fingerprint density at radius 2 is 2.00 bits per heavy atom. The molecule has 0 aromatic heterocycles. The van der Waals surface area contributed by atoms with E-state index in [2.05, 4.69) is 15.0 Å². The van der Waals surface area contributed by atoms with Gasteiger partial charge < -0.3 is 9.94 Å². The molecule has 6 nitrogen and oxygen atoms in total. The van der Waals surface area contributed by atoms with Gasteiger partial charge in [0.1, 0.15) is 19.0 Å². The zero-order valence-electron chi connectivity index (χ0n) is 11.2. The van der Waals surface area contributed by atoms with E-state index in [4.69, 9.17) is 5.11 Å². The fourth-order valence-corrected chi connectivity index (χ4v) is 1.66. The molecule has 0 radical (unpaired) electrons. The Morgan fingerprint density at radius 3 is 2.57 bits per heavy atom. The second kappa shape index (κ2) is 5.70. The lowest BCUT2D eigenvalue weighted by Crippen LogP contribution is -2.28. The smallest absolute Gasteiger partial charge is 0.277 e. The van der Waals surface area contributed by atoms with Crippen LogP contribution in [-0.4, -0.2) is 42.1 Å². The standard InChI is InChI=1S/C13H11F2N3O3/c1-18-11(6-16-21-2)17-10(13(18)20)5-7-3-8(14)12(19)9(15)4-7/h3-6,19H,1-2H3/b10-5+,16-6+. The second-order valence-electron chi connectivity index (χ2n) is 4.11. The molecule has 1 aromatic rings. The lowest BCUT2D eigenvalue weighted by Gasteiger charge is -2.06. The van der Waals surface area contributed by atoms with Crippen LogP contribution in [0.4, 0.5) is 8.78 Å². The van der Waals surface area contributed by atoms with Gasteiger partial charge in [0.2, 0.25) is 0 Å². The molecule has 0 unspecified atom stereocenters. The summed E-state index contributed by atoms with van der Waals surface area (Å²) in [6.45, 7) is 0. The molecule has 8 heteroatoms. The average molecular weight is 295 g/mol. The van der Waals surface area contributed by atoms with E-state index in [0.29, 0.717) is 0 Å². The third-order valence-electron chi connectivity index (χ3n) is 2.72. The first kappa shape index (κ1) is 14.6. The third-order valence-corrected chi connectivity index (χ3v) is 2.72. The van der Waals surface area contributed by atoms with Crippen LogP contribution >= 0.6 is 0 Å². The van der Waals surface area contributed by atoms with Crippen LogP contribution in [0, 0.1) is 11.6 Å². The predicted molar refractivity (Wildman–Crippen MR) is 71.7 cm³/mol. The summed E-state index contributed by atoms with van der Waals surface area (Å²) in [4.78, 5) is 21.6.